The Morgan fingerprint density at radius 2 is 1.82 bits per heavy atom. The van der Waals surface area contributed by atoms with Crippen molar-refractivity contribution in [3.8, 4) is 16.9 Å². The monoisotopic (exact) mass is 378 g/mol. The number of benzene rings is 2. The van der Waals surface area contributed by atoms with Crippen LogP contribution in [0.4, 0.5) is 0 Å². The average Bonchev–Trinajstić information content (AvgIpc) is 3.14. The molecule has 1 amide bonds. The molecule has 0 aliphatic heterocycles. The Morgan fingerprint density at radius 3 is 2.43 bits per heavy atom. The summed E-state index contributed by atoms with van der Waals surface area (Å²) in [5, 5.41) is 10.3. The number of aryl methyl sites for hydroxylation is 1. The van der Waals surface area contributed by atoms with E-state index >= 15 is 0 Å². The third-order valence-electron chi connectivity index (χ3n) is 4.80. The molecule has 3 rings (SSSR count). The van der Waals surface area contributed by atoms with Gasteiger partial charge in [0.1, 0.15) is 11.8 Å². The minimum Gasteiger partial charge on any atom is -0.496 e. The van der Waals surface area contributed by atoms with Crippen molar-refractivity contribution in [2.24, 2.45) is 7.05 Å². The third-order valence-corrected chi connectivity index (χ3v) is 4.80. The number of methoxy groups -OCH3 is 1. The number of rotatable bonds is 7. The Balaban J connectivity index is 1.72. The number of hydrogen-bond donors (Lipinski definition) is 2. The van der Waals surface area contributed by atoms with E-state index in [-0.39, 0.29) is 11.9 Å². The highest BCUT2D eigenvalue weighted by Crippen LogP contribution is 2.30. The van der Waals surface area contributed by atoms with Crippen LogP contribution in [0.5, 0.6) is 5.75 Å². The van der Waals surface area contributed by atoms with Gasteiger partial charge in [0.25, 0.3) is 0 Å². The van der Waals surface area contributed by atoms with Gasteiger partial charge in [-0.25, -0.2) is 0 Å². The highest BCUT2D eigenvalue weighted by atomic mass is 16.5. The van der Waals surface area contributed by atoms with Crippen LogP contribution in [0, 0.1) is 0 Å². The molecule has 2 atom stereocenters. The summed E-state index contributed by atoms with van der Waals surface area (Å²) in [5.74, 6) is 0.752. The fourth-order valence-corrected chi connectivity index (χ4v) is 3.25. The Bertz CT molecular complexity index is 934. The van der Waals surface area contributed by atoms with Crippen molar-refractivity contribution < 1.29 is 9.53 Å². The SMILES string of the molecule is CNC(C(=O)NC(C)c1ccc(-c2ccccc2OC)cc1)c1cnn(C)c1. The standard InChI is InChI=1S/C22H26N4O2/c1-15(25-22(27)21(23-2)18-13-24-26(3)14-18)16-9-11-17(12-10-16)19-7-5-6-8-20(19)28-4/h5-15,21,23H,1-4H3,(H,25,27). The molecular formula is C22H26N4O2. The summed E-state index contributed by atoms with van der Waals surface area (Å²) in [6.45, 7) is 1.98. The predicted octanol–water partition coefficient (Wildman–Crippen LogP) is 3.23. The van der Waals surface area contributed by atoms with Crippen LogP contribution in [0.3, 0.4) is 0 Å². The van der Waals surface area contributed by atoms with Crippen LogP contribution in [0.15, 0.2) is 60.9 Å². The van der Waals surface area contributed by atoms with Gasteiger partial charge in [0.15, 0.2) is 0 Å². The first kappa shape index (κ1) is 19.6. The molecule has 0 radical (unpaired) electrons. The first-order valence-electron chi connectivity index (χ1n) is 9.23. The van der Waals surface area contributed by atoms with Crippen LogP contribution in [-0.4, -0.2) is 29.8 Å². The maximum Gasteiger partial charge on any atom is 0.242 e. The lowest BCUT2D eigenvalue weighted by molar-refractivity contribution is -0.123. The van der Waals surface area contributed by atoms with Gasteiger partial charge in [0.2, 0.25) is 5.91 Å². The first-order valence-corrected chi connectivity index (χ1v) is 9.23. The Hall–Kier alpha value is -3.12. The van der Waals surface area contributed by atoms with Crippen LogP contribution in [0.2, 0.25) is 0 Å². The van der Waals surface area contributed by atoms with Gasteiger partial charge in [-0.3, -0.25) is 9.48 Å². The van der Waals surface area contributed by atoms with Crippen molar-refractivity contribution in [2.45, 2.75) is 19.0 Å². The van der Waals surface area contributed by atoms with E-state index in [0.29, 0.717) is 0 Å². The van der Waals surface area contributed by atoms with Crippen LogP contribution in [0.25, 0.3) is 11.1 Å². The van der Waals surface area contributed by atoms with Crippen molar-refractivity contribution >= 4 is 5.91 Å². The minimum atomic E-state index is -0.441. The zero-order valence-electron chi connectivity index (χ0n) is 16.6. The summed E-state index contributed by atoms with van der Waals surface area (Å²) in [6, 6.07) is 15.5. The number of carbonyl (C=O) groups is 1. The molecule has 146 valence electrons. The highest BCUT2D eigenvalue weighted by molar-refractivity contribution is 5.83. The van der Waals surface area contributed by atoms with E-state index < -0.39 is 6.04 Å². The normalized spacial score (nSPS) is 13.0. The molecule has 0 saturated heterocycles. The Kier molecular flexibility index (Phi) is 6.11. The second-order valence-electron chi connectivity index (χ2n) is 6.72. The molecule has 3 aromatic rings. The molecule has 28 heavy (non-hydrogen) atoms. The summed E-state index contributed by atoms with van der Waals surface area (Å²) in [4.78, 5) is 12.7. The largest absolute Gasteiger partial charge is 0.496 e. The van der Waals surface area contributed by atoms with E-state index in [4.69, 9.17) is 4.74 Å². The summed E-state index contributed by atoms with van der Waals surface area (Å²) < 4.78 is 7.13. The van der Waals surface area contributed by atoms with Crippen LogP contribution in [-0.2, 0) is 11.8 Å². The molecule has 0 aliphatic carbocycles. The quantitative estimate of drug-likeness (QED) is 0.662. The average molecular weight is 378 g/mol. The molecule has 1 aromatic heterocycles. The second-order valence-corrected chi connectivity index (χ2v) is 6.72. The topological polar surface area (TPSA) is 68.2 Å². The number of aromatic nitrogens is 2. The molecule has 1 heterocycles. The van der Waals surface area contributed by atoms with Crippen molar-refractivity contribution in [3.63, 3.8) is 0 Å². The summed E-state index contributed by atoms with van der Waals surface area (Å²) in [5.41, 5.74) is 3.98. The van der Waals surface area contributed by atoms with E-state index in [2.05, 4.69) is 15.7 Å². The van der Waals surface area contributed by atoms with Gasteiger partial charge >= 0.3 is 0 Å². The van der Waals surface area contributed by atoms with Crippen molar-refractivity contribution in [1.82, 2.24) is 20.4 Å². The van der Waals surface area contributed by atoms with Gasteiger partial charge < -0.3 is 15.4 Å². The molecule has 2 N–H and O–H groups in total. The molecule has 0 spiro atoms. The lowest BCUT2D eigenvalue weighted by Crippen LogP contribution is -2.37. The van der Waals surface area contributed by atoms with Gasteiger partial charge in [-0.05, 0) is 31.2 Å². The van der Waals surface area contributed by atoms with Gasteiger partial charge in [-0.1, -0.05) is 42.5 Å². The minimum absolute atomic E-state index is 0.0863. The highest BCUT2D eigenvalue weighted by Gasteiger charge is 2.22. The van der Waals surface area contributed by atoms with Gasteiger partial charge in [0, 0.05) is 24.4 Å². The van der Waals surface area contributed by atoms with Gasteiger partial charge in [0.05, 0.1) is 19.3 Å². The molecule has 2 aromatic carbocycles. The molecule has 0 bridgehead atoms. The fraction of sp³-hybridized carbons (Fsp3) is 0.273. The molecular weight excluding hydrogens is 352 g/mol. The number of nitrogens with zero attached hydrogens (tertiary/aromatic N) is 2. The van der Waals surface area contributed by atoms with Crippen molar-refractivity contribution in [1.29, 1.82) is 0 Å². The summed E-state index contributed by atoms with van der Waals surface area (Å²) >= 11 is 0. The number of nitrogens with one attached hydrogen (secondary N) is 2. The van der Waals surface area contributed by atoms with Crippen molar-refractivity contribution in [3.05, 3.63) is 72.1 Å². The lowest BCUT2D eigenvalue weighted by Gasteiger charge is -2.20. The summed E-state index contributed by atoms with van der Waals surface area (Å²) in [6.07, 6.45) is 3.54. The van der Waals surface area contributed by atoms with E-state index in [9.17, 15) is 4.79 Å². The third kappa shape index (κ3) is 4.23. The Morgan fingerprint density at radius 1 is 1.11 bits per heavy atom. The van der Waals surface area contributed by atoms with Crippen LogP contribution >= 0.6 is 0 Å². The zero-order chi connectivity index (χ0) is 20.1. The Labute approximate surface area is 165 Å². The zero-order valence-corrected chi connectivity index (χ0v) is 16.6. The molecule has 0 aliphatic rings. The number of carbonyl (C=O) groups excluding carboxylic acids is 1. The van der Waals surface area contributed by atoms with E-state index in [1.165, 1.54) is 0 Å². The van der Waals surface area contributed by atoms with E-state index in [1.807, 2.05) is 68.7 Å². The number of hydrogen-bond acceptors (Lipinski definition) is 4. The first-order chi connectivity index (χ1) is 13.5. The number of ether oxygens (including phenoxy) is 1. The van der Waals surface area contributed by atoms with E-state index in [0.717, 1.165) is 28.0 Å². The smallest absolute Gasteiger partial charge is 0.242 e. The lowest BCUT2D eigenvalue weighted by atomic mass is 10.0. The number of amides is 1. The molecule has 0 saturated carbocycles. The van der Waals surface area contributed by atoms with Gasteiger partial charge in [-0.2, -0.15) is 5.10 Å². The fourth-order valence-electron chi connectivity index (χ4n) is 3.25. The molecule has 6 nitrogen and oxygen atoms in total. The van der Waals surface area contributed by atoms with Crippen LogP contribution in [0.1, 0.15) is 30.1 Å². The number of likely N-dealkylation sites (N-methyl/N-ethyl adjacent to an activating group) is 1. The number of para-hydroxylation sites is 1. The molecule has 6 heteroatoms. The summed E-state index contributed by atoms with van der Waals surface area (Å²) in [7, 11) is 5.27. The molecule has 2 unspecified atom stereocenters. The van der Waals surface area contributed by atoms with Crippen LogP contribution < -0.4 is 15.4 Å². The van der Waals surface area contributed by atoms with Crippen molar-refractivity contribution in [2.75, 3.05) is 14.2 Å². The molecule has 0 fully saturated rings. The van der Waals surface area contributed by atoms with Gasteiger partial charge in [-0.15, -0.1) is 0 Å². The predicted molar refractivity (Wildman–Crippen MR) is 110 cm³/mol. The maximum absolute atomic E-state index is 12.7. The van der Waals surface area contributed by atoms with E-state index in [1.54, 1.807) is 25.0 Å². The second kappa shape index (κ2) is 8.71. The maximum atomic E-state index is 12.7.